The Morgan fingerprint density at radius 2 is 1.73 bits per heavy atom. The highest BCUT2D eigenvalue weighted by Gasteiger charge is 2.43. The van der Waals surface area contributed by atoms with Gasteiger partial charge in [-0.15, -0.1) is 0 Å². The summed E-state index contributed by atoms with van der Waals surface area (Å²) < 4.78 is 29.9. The highest BCUT2D eigenvalue weighted by molar-refractivity contribution is 7.90. The van der Waals surface area contributed by atoms with E-state index in [-0.39, 0.29) is 5.60 Å². The van der Waals surface area contributed by atoms with E-state index in [1.165, 1.54) is 6.26 Å². The van der Waals surface area contributed by atoms with Crippen molar-refractivity contribution in [2.75, 3.05) is 24.2 Å². The molecule has 1 fully saturated rings. The molecular formula is C24H25ClN4O3S. The molecular weight excluding hydrogens is 460 g/mol. The van der Waals surface area contributed by atoms with Gasteiger partial charge in [-0.2, -0.15) is 0 Å². The molecule has 5 rings (SSSR count). The number of halogens is 1. The van der Waals surface area contributed by atoms with Gasteiger partial charge in [0.15, 0.2) is 9.84 Å². The maximum Gasteiger partial charge on any atom is 0.225 e. The van der Waals surface area contributed by atoms with Crippen molar-refractivity contribution in [3.8, 4) is 17.0 Å². The second kappa shape index (κ2) is 8.25. The molecule has 0 N–H and O–H groups in total. The first-order valence-corrected chi connectivity index (χ1v) is 13.2. The molecule has 2 aliphatic heterocycles. The number of sulfone groups is 1. The van der Waals surface area contributed by atoms with E-state index in [1.54, 1.807) is 42.9 Å². The van der Waals surface area contributed by atoms with Gasteiger partial charge in [-0.1, -0.05) is 23.7 Å². The van der Waals surface area contributed by atoms with Gasteiger partial charge in [0.2, 0.25) is 5.95 Å². The minimum absolute atomic E-state index is 0.282. The Hall–Kier alpha value is -2.71. The zero-order valence-electron chi connectivity index (χ0n) is 18.5. The number of ether oxygens (including phenoxy) is 1. The number of pyridine rings is 1. The Bertz CT molecular complexity index is 1270. The summed E-state index contributed by atoms with van der Waals surface area (Å²) in [4.78, 5) is 15.8. The fourth-order valence-corrected chi connectivity index (χ4v) is 5.53. The summed E-state index contributed by atoms with van der Waals surface area (Å²) in [6.07, 6.45) is 9.06. The van der Waals surface area contributed by atoms with Crippen molar-refractivity contribution >= 4 is 27.4 Å². The first kappa shape index (κ1) is 22.1. The Balaban J connectivity index is 1.28. The normalized spacial score (nSPS) is 21.0. The third-order valence-corrected chi connectivity index (χ3v) is 7.98. The van der Waals surface area contributed by atoms with Crippen LogP contribution in [0.3, 0.4) is 0 Å². The largest absolute Gasteiger partial charge is 0.485 e. The zero-order valence-corrected chi connectivity index (χ0v) is 20.1. The van der Waals surface area contributed by atoms with Crippen molar-refractivity contribution in [1.82, 2.24) is 15.0 Å². The number of hydrogen-bond donors (Lipinski definition) is 0. The third kappa shape index (κ3) is 4.42. The predicted octanol–water partition coefficient (Wildman–Crippen LogP) is 4.21. The van der Waals surface area contributed by atoms with Crippen LogP contribution in [0, 0.1) is 5.92 Å². The summed E-state index contributed by atoms with van der Waals surface area (Å²) in [6, 6.07) is 8.91. The third-order valence-electron chi connectivity index (χ3n) is 6.66. The summed E-state index contributed by atoms with van der Waals surface area (Å²) in [5, 5.41) is 0.539. The van der Waals surface area contributed by atoms with E-state index in [9.17, 15) is 8.42 Å². The van der Waals surface area contributed by atoms with Crippen molar-refractivity contribution in [3.05, 3.63) is 59.5 Å². The van der Waals surface area contributed by atoms with Crippen LogP contribution in [0.2, 0.25) is 5.02 Å². The molecule has 0 bridgehead atoms. The molecule has 172 valence electrons. The fraction of sp³-hybridized carbons (Fsp3) is 0.375. The minimum atomic E-state index is -3.22. The molecule has 1 unspecified atom stereocenters. The molecule has 2 aliphatic rings. The molecule has 0 spiro atoms. The number of rotatable bonds is 4. The van der Waals surface area contributed by atoms with Crippen molar-refractivity contribution in [2.24, 2.45) is 5.92 Å². The van der Waals surface area contributed by atoms with Crippen LogP contribution in [-0.2, 0) is 16.3 Å². The monoisotopic (exact) mass is 484 g/mol. The molecule has 2 aromatic heterocycles. The van der Waals surface area contributed by atoms with Crippen molar-refractivity contribution in [1.29, 1.82) is 0 Å². The van der Waals surface area contributed by atoms with E-state index in [2.05, 4.69) is 32.8 Å². The summed E-state index contributed by atoms with van der Waals surface area (Å²) in [5.74, 6) is 1.96. The van der Waals surface area contributed by atoms with Gasteiger partial charge in [-0.25, -0.2) is 18.4 Å². The number of anilines is 1. The lowest BCUT2D eigenvalue weighted by molar-refractivity contribution is 0.0347. The first-order chi connectivity index (χ1) is 15.7. The van der Waals surface area contributed by atoms with Crippen LogP contribution in [0.25, 0.3) is 11.3 Å². The Morgan fingerprint density at radius 1 is 1.06 bits per heavy atom. The molecule has 4 heterocycles. The summed E-state index contributed by atoms with van der Waals surface area (Å²) in [6.45, 7) is 3.93. The van der Waals surface area contributed by atoms with Gasteiger partial charge < -0.3 is 9.64 Å². The highest BCUT2D eigenvalue weighted by Crippen LogP contribution is 2.43. The second-order valence-corrected chi connectivity index (χ2v) is 11.5. The van der Waals surface area contributed by atoms with Crippen molar-refractivity contribution in [3.63, 3.8) is 0 Å². The molecule has 7 nitrogen and oxygen atoms in total. The van der Waals surface area contributed by atoms with Gasteiger partial charge >= 0.3 is 0 Å². The maximum atomic E-state index is 11.7. The number of aromatic nitrogens is 3. The Labute approximate surface area is 198 Å². The number of fused-ring (bicyclic) bond motifs is 1. The molecule has 0 radical (unpaired) electrons. The van der Waals surface area contributed by atoms with Gasteiger partial charge in [0.1, 0.15) is 11.4 Å². The predicted molar refractivity (Wildman–Crippen MR) is 127 cm³/mol. The molecule has 0 amide bonds. The van der Waals surface area contributed by atoms with Crippen molar-refractivity contribution < 1.29 is 13.2 Å². The lowest BCUT2D eigenvalue weighted by Gasteiger charge is -2.39. The second-order valence-electron chi connectivity index (χ2n) is 9.03. The van der Waals surface area contributed by atoms with Gasteiger partial charge in [0.25, 0.3) is 0 Å². The number of hydrogen-bond acceptors (Lipinski definition) is 7. The van der Waals surface area contributed by atoms with E-state index in [0.717, 1.165) is 60.9 Å². The lowest BCUT2D eigenvalue weighted by atomic mass is 9.79. The standard InChI is InChI=1S/C24H25ClN4O3S/c1-24(18-7-9-29(10-8-18)23-27-13-19(25)14-28-23)12-17-11-21(26-15-22(17)32-24)16-3-5-20(6-4-16)33(2,30)31/h3-6,11,13-15,18H,7-10,12H2,1-2H3. The summed E-state index contributed by atoms with van der Waals surface area (Å²) >= 11 is 5.91. The molecule has 0 aliphatic carbocycles. The van der Waals surface area contributed by atoms with Crippen LogP contribution in [-0.4, -0.2) is 48.3 Å². The smallest absolute Gasteiger partial charge is 0.225 e. The van der Waals surface area contributed by atoms with Gasteiger partial charge in [0.05, 0.1) is 34.2 Å². The van der Waals surface area contributed by atoms with Gasteiger partial charge in [-0.05, 0) is 38.0 Å². The average Bonchev–Trinajstić information content (AvgIpc) is 3.16. The van der Waals surface area contributed by atoms with E-state index in [1.807, 2.05) is 0 Å². The molecule has 1 atom stereocenters. The first-order valence-electron chi connectivity index (χ1n) is 10.9. The van der Waals surface area contributed by atoms with Crippen LogP contribution in [0.4, 0.5) is 5.95 Å². The zero-order chi connectivity index (χ0) is 23.2. The maximum absolute atomic E-state index is 11.7. The van der Waals surface area contributed by atoms with Gasteiger partial charge in [0, 0.05) is 42.8 Å². The topological polar surface area (TPSA) is 85.3 Å². The van der Waals surface area contributed by atoms with Crippen molar-refractivity contribution in [2.45, 2.75) is 36.7 Å². The lowest BCUT2D eigenvalue weighted by Crippen LogP contribution is -2.46. The van der Waals surface area contributed by atoms with Crippen LogP contribution >= 0.6 is 11.6 Å². The summed E-state index contributed by atoms with van der Waals surface area (Å²) in [5.41, 5.74) is 2.56. The molecule has 0 saturated carbocycles. The molecule has 33 heavy (non-hydrogen) atoms. The van der Waals surface area contributed by atoms with Crippen LogP contribution in [0.1, 0.15) is 25.3 Å². The number of nitrogens with zero attached hydrogens (tertiary/aromatic N) is 4. The van der Waals surface area contributed by atoms with E-state index >= 15 is 0 Å². The molecule has 9 heteroatoms. The van der Waals surface area contributed by atoms with E-state index in [4.69, 9.17) is 16.3 Å². The fourth-order valence-electron chi connectivity index (χ4n) is 4.80. The molecule has 3 aromatic rings. The molecule has 1 aromatic carbocycles. The average molecular weight is 485 g/mol. The highest BCUT2D eigenvalue weighted by atomic mass is 35.5. The van der Waals surface area contributed by atoms with Crippen LogP contribution in [0.15, 0.2) is 53.8 Å². The Morgan fingerprint density at radius 3 is 2.36 bits per heavy atom. The number of piperidine rings is 1. The molecule has 1 saturated heterocycles. The van der Waals surface area contributed by atoms with Crippen LogP contribution in [0.5, 0.6) is 5.75 Å². The van der Waals surface area contributed by atoms with E-state index < -0.39 is 9.84 Å². The van der Waals surface area contributed by atoms with E-state index in [0.29, 0.717) is 15.8 Å². The van der Waals surface area contributed by atoms with Gasteiger partial charge in [-0.3, -0.25) is 4.98 Å². The summed E-state index contributed by atoms with van der Waals surface area (Å²) in [7, 11) is -3.22. The minimum Gasteiger partial charge on any atom is -0.485 e. The quantitative estimate of drug-likeness (QED) is 0.548. The van der Waals surface area contributed by atoms with Crippen LogP contribution < -0.4 is 9.64 Å². The number of benzene rings is 1. The SMILES string of the molecule is CC1(C2CCN(c3ncc(Cl)cn3)CC2)Cc2cc(-c3ccc(S(C)(=O)=O)cc3)ncc2O1. The Kier molecular flexibility index (Phi) is 5.53.